The van der Waals surface area contributed by atoms with Crippen molar-refractivity contribution < 1.29 is 5.11 Å². The number of hydrogen-bond acceptors (Lipinski definition) is 1. The average molecular weight is 427 g/mol. The smallest absolute Gasteiger partial charge is 0.0594 e. The minimum atomic E-state index is -0.130. The Hall–Kier alpha value is -0.560. The number of aliphatic hydroxyl groups excluding tert-OH is 1. The first kappa shape index (κ1) is 23.6. The van der Waals surface area contributed by atoms with Crippen LogP contribution in [-0.2, 0) is 0 Å². The van der Waals surface area contributed by atoms with Crippen molar-refractivity contribution in [3.05, 3.63) is 22.8 Å². The molecule has 0 aliphatic heterocycles. The van der Waals surface area contributed by atoms with E-state index in [1.165, 1.54) is 63.4 Å². The van der Waals surface area contributed by atoms with Crippen molar-refractivity contribution in [3.8, 4) is 0 Å². The molecule has 0 bridgehead atoms. The van der Waals surface area contributed by atoms with Crippen molar-refractivity contribution in [3.63, 3.8) is 0 Å². The number of fused-ring (bicyclic) bond motifs is 4. The standard InChI is InChI=1S/C30H50O/c1-20(2)10-9-11-21(3)22-14-18-30(8)24-12-13-25-27(4,5)26(31)16-17-28(25,6)23(24)15-19-29(22,30)7/h10,21-22,25-26,31H,9,11-19H2,1-8H3/t21?,22-,25?,26-,28+,29-,30+/m0/s1. The van der Waals surface area contributed by atoms with Crippen LogP contribution in [0.1, 0.15) is 120 Å². The van der Waals surface area contributed by atoms with Crippen LogP contribution in [0.4, 0.5) is 0 Å². The molecule has 0 amide bonds. The first-order chi connectivity index (χ1) is 14.4. The number of aliphatic hydroxyl groups is 1. The second-order valence-electron chi connectivity index (χ2n) is 13.6. The van der Waals surface area contributed by atoms with E-state index >= 15 is 0 Å². The van der Waals surface area contributed by atoms with Gasteiger partial charge in [-0.1, -0.05) is 64.3 Å². The summed E-state index contributed by atoms with van der Waals surface area (Å²) in [6.07, 6.45) is 15.2. The Labute approximate surface area is 193 Å². The van der Waals surface area contributed by atoms with Crippen LogP contribution in [0.5, 0.6) is 0 Å². The van der Waals surface area contributed by atoms with E-state index in [1.807, 2.05) is 11.1 Å². The van der Waals surface area contributed by atoms with E-state index in [2.05, 4.69) is 61.5 Å². The summed E-state index contributed by atoms with van der Waals surface area (Å²) in [5.74, 6) is 2.32. The molecule has 1 nitrogen and oxygen atoms in total. The van der Waals surface area contributed by atoms with Crippen LogP contribution in [0.15, 0.2) is 22.8 Å². The Morgan fingerprint density at radius 3 is 2.35 bits per heavy atom. The third kappa shape index (κ3) is 3.34. The van der Waals surface area contributed by atoms with Crippen LogP contribution in [0.25, 0.3) is 0 Å². The molecule has 4 aliphatic carbocycles. The van der Waals surface area contributed by atoms with E-state index in [0.717, 1.165) is 18.3 Å². The van der Waals surface area contributed by atoms with E-state index in [1.54, 1.807) is 0 Å². The summed E-state index contributed by atoms with van der Waals surface area (Å²) in [6.45, 7) is 19.6. The average Bonchev–Trinajstić information content (AvgIpc) is 2.96. The Bertz CT molecular complexity index is 767. The summed E-state index contributed by atoms with van der Waals surface area (Å²) in [7, 11) is 0. The molecule has 0 spiro atoms. The molecular formula is C30H50O. The van der Waals surface area contributed by atoms with Gasteiger partial charge in [-0.05, 0) is 117 Å². The van der Waals surface area contributed by atoms with Crippen molar-refractivity contribution in [2.45, 2.75) is 126 Å². The van der Waals surface area contributed by atoms with Gasteiger partial charge in [0.25, 0.3) is 0 Å². The molecule has 0 saturated heterocycles. The highest BCUT2D eigenvalue weighted by molar-refractivity contribution is 5.38. The van der Waals surface area contributed by atoms with Gasteiger partial charge in [-0.2, -0.15) is 0 Å². The third-order valence-corrected chi connectivity index (χ3v) is 11.7. The lowest BCUT2D eigenvalue weighted by Gasteiger charge is -2.62. The second kappa shape index (κ2) is 7.75. The van der Waals surface area contributed by atoms with Crippen LogP contribution >= 0.6 is 0 Å². The van der Waals surface area contributed by atoms with Crippen molar-refractivity contribution in [1.29, 1.82) is 0 Å². The monoisotopic (exact) mass is 426 g/mol. The molecule has 4 rings (SSSR count). The SMILES string of the molecule is CC(C)=CCCC(C)[C@@H]1CC[C@]2(C)C3=C(CC[C@@]12C)[C@@]1(C)CC[C@H](O)C(C)(C)C1CC3. The molecule has 31 heavy (non-hydrogen) atoms. The third-order valence-electron chi connectivity index (χ3n) is 11.7. The van der Waals surface area contributed by atoms with E-state index in [-0.39, 0.29) is 11.5 Å². The van der Waals surface area contributed by atoms with E-state index < -0.39 is 0 Å². The Morgan fingerprint density at radius 1 is 0.968 bits per heavy atom. The molecule has 0 aromatic carbocycles. The maximum absolute atomic E-state index is 10.8. The molecule has 4 aliphatic rings. The molecule has 0 heterocycles. The van der Waals surface area contributed by atoms with Gasteiger partial charge in [0.15, 0.2) is 0 Å². The maximum atomic E-state index is 10.8. The summed E-state index contributed by atoms with van der Waals surface area (Å²) in [5.41, 5.74) is 6.41. The zero-order valence-electron chi connectivity index (χ0n) is 21.9. The molecule has 2 unspecified atom stereocenters. The molecule has 1 heteroatoms. The summed E-state index contributed by atoms with van der Waals surface area (Å²) >= 11 is 0. The van der Waals surface area contributed by atoms with Crippen molar-refractivity contribution >= 4 is 0 Å². The van der Waals surface area contributed by atoms with E-state index in [9.17, 15) is 5.11 Å². The predicted molar refractivity (Wildman–Crippen MR) is 133 cm³/mol. The minimum absolute atomic E-state index is 0.0465. The normalized spacial score (nSPS) is 44.9. The number of allylic oxidation sites excluding steroid dienone is 4. The van der Waals surface area contributed by atoms with Gasteiger partial charge in [-0.25, -0.2) is 0 Å². The van der Waals surface area contributed by atoms with Gasteiger partial charge in [0.1, 0.15) is 0 Å². The van der Waals surface area contributed by atoms with Crippen molar-refractivity contribution in [2.24, 2.45) is 39.4 Å². The Balaban J connectivity index is 1.65. The molecule has 2 fully saturated rings. The van der Waals surface area contributed by atoms with Crippen LogP contribution in [0.2, 0.25) is 0 Å². The van der Waals surface area contributed by atoms with Crippen LogP contribution in [-0.4, -0.2) is 11.2 Å². The molecule has 0 radical (unpaired) electrons. The fourth-order valence-corrected chi connectivity index (χ4v) is 9.47. The second-order valence-corrected chi connectivity index (χ2v) is 13.6. The van der Waals surface area contributed by atoms with E-state index in [0.29, 0.717) is 22.2 Å². The zero-order valence-corrected chi connectivity index (χ0v) is 21.9. The van der Waals surface area contributed by atoms with Gasteiger partial charge in [-0.3, -0.25) is 0 Å². The quantitative estimate of drug-likeness (QED) is 0.447. The van der Waals surface area contributed by atoms with Crippen molar-refractivity contribution in [2.75, 3.05) is 0 Å². The molecule has 0 aromatic rings. The van der Waals surface area contributed by atoms with Crippen molar-refractivity contribution in [1.82, 2.24) is 0 Å². The molecule has 2 saturated carbocycles. The Morgan fingerprint density at radius 2 is 1.68 bits per heavy atom. The summed E-state index contributed by atoms with van der Waals surface area (Å²) in [6, 6.07) is 0. The molecule has 7 atom stereocenters. The topological polar surface area (TPSA) is 20.2 Å². The number of rotatable bonds is 4. The molecule has 1 N–H and O–H groups in total. The van der Waals surface area contributed by atoms with E-state index in [4.69, 9.17) is 0 Å². The fraction of sp³-hybridized carbons (Fsp3) is 0.867. The first-order valence-corrected chi connectivity index (χ1v) is 13.4. The Kier molecular flexibility index (Phi) is 5.90. The highest BCUT2D eigenvalue weighted by Gasteiger charge is 2.63. The highest BCUT2D eigenvalue weighted by Crippen LogP contribution is 2.72. The predicted octanol–water partition coefficient (Wildman–Crippen LogP) is 8.48. The lowest BCUT2D eigenvalue weighted by molar-refractivity contribution is -0.0962. The van der Waals surface area contributed by atoms with Gasteiger partial charge < -0.3 is 5.11 Å². The van der Waals surface area contributed by atoms with Gasteiger partial charge >= 0.3 is 0 Å². The van der Waals surface area contributed by atoms with Gasteiger partial charge in [0, 0.05) is 0 Å². The highest BCUT2D eigenvalue weighted by atomic mass is 16.3. The lowest BCUT2D eigenvalue weighted by atomic mass is 9.43. The van der Waals surface area contributed by atoms with Gasteiger partial charge in [0.05, 0.1) is 6.10 Å². The summed E-state index contributed by atoms with van der Waals surface area (Å²) < 4.78 is 0. The zero-order chi connectivity index (χ0) is 22.8. The maximum Gasteiger partial charge on any atom is 0.0594 e. The van der Waals surface area contributed by atoms with Crippen LogP contribution in [0.3, 0.4) is 0 Å². The first-order valence-electron chi connectivity index (χ1n) is 13.4. The lowest BCUT2D eigenvalue weighted by Crippen LogP contribution is -2.55. The van der Waals surface area contributed by atoms with Gasteiger partial charge in [-0.15, -0.1) is 0 Å². The summed E-state index contributed by atoms with van der Waals surface area (Å²) in [4.78, 5) is 0. The fourth-order valence-electron chi connectivity index (χ4n) is 9.47. The molecule has 176 valence electrons. The largest absolute Gasteiger partial charge is 0.393 e. The molecule has 0 aromatic heterocycles. The minimum Gasteiger partial charge on any atom is -0.393 e. The van der Waals surface area contributed by atoms with Crippen LogP contribution < -0.4 is 0 Å². The summed E-state index contributed by atoms with van der Waals surface area (Å²) in [5, 5.41) is 10.8. The number of hydrogen-bond donors (Lipinski definition) is 1. The van der Waals surface area contributed by atoms with Gasteiger partial charge in [0.2, 0.25) is 0 Å². The van der Waals surface area contributed by atoms with Crippen LogP contribution in [0, 0.1) is 39.4 Å². The molecular weight excluding hydrogens is 376 g/mol.